The summed E-state index contributed by atoms with van der Waals surface area (Å²) in [4.78, 5) is 2.35. The number of halogens is 1. The Labute approximate surface area is 124 Å². The summed E-state index contributed by atoms with van der Waals surface area (Å²) in [7, 11) is 1.69. The molecule has 1 aliphatic rings. The topological polar surface area (TPSA) is 24.5 Å². The molecule has 2 aromatic carbocycles. The van der Waals surface area contributed by atoms with E-state index < -0.39 is 0 Å². The number of para-hydroxylation sites is 2. The summed E-state index contributed by atoms with van der Waals surface area (Å²) in [6, 6.07) is 14.1. The normalized spacial score (nSPS) is 13.6. The fourth-order valence-electron chi connectivity index (χ4n) is 2.59. The highest BCUT2D eigenvalue weighted by Crippen LogP contribution is 2.32. The van der Waals surface area contributed by atoms with Crippen molar-refractivity contribution in [2.45, 2.75) is 6.54 Å². The molecule has 0 unspecified atom stereocenters. The number of benzene rings is 2. The molecule has 1 heterocycles. The maximum absolute atomic E-state index is 6.11. The lowest BCUT2D eigenvalue weighted by molar-refractivity contribution is 0.409. The monoisotopic (exact) mass is 288 g/mol. The molecule has 1 aliphatic heterocycles. The summed E-state index contributed by atoms with van der Waals surface area (Å²) >= 11 is 6.11. The predicted octanol–water partition coefficient (Wildman–Crippen LogP) is 3.78. The van der Waals surface area contributed by atoms with Crippen LogP contribution in [-0.2, 0) is 6.54 Å². The Morgan fingerprint density at radius 3 is 2.95 bits per heavy atom. The predicted molar refractivity (Wildman–Crippen MR) is 84.0 cm³/mol. The second kappa shape index (κ2) is 5.63. The summed E-state index contributed by atoms with van der Waals surface area (Å²) in [5.74, 6) is 0.880. The molecule has 20 heavy (non-hydrogen) atoms. The molecule has 0 amide bonds. The van der Waals surface area contributed by atoms with Gasteiger partial charge in [0.05, 0.1) is 18.5 Å². The number of hydrogen-bond donors (Lipinski definition) is 1. The van der Waals surface area contributed by atoms with Gasteiger partial charge in [-0.1, -0.05) is 23.7 Å². The van der Waals surface area contributed by atoms with Crippen LogP contribution in [0, 0.1) is 0 Å². The Balaban J connectivity index is 1.91. The molecule has 0 fully saturated rings. The summed E-state index contributed by atoms with van der Waals surface area (Å²) in [6.45, 7) is 2.70. The van der Waals surface area contributed by atoms with Crippen LogP contribution in [0.4, 0.5) is 11.4 Å². The van der Waals surface area contributed by atoms with E-state index in [0.29, 0.717) is 0 Å². The SMILES string of the molecule is COc1ccc(Cl)cc1CN1CCNc2ccccc21. The van der Waals surface area contributed by atoms with Gasteiger partial charge in [0.2, 0.25) is 0 Å². The van der Waals surface area contributed by atoms with E-state index in [-0.39, 0.29) is 0 Å². The first-order valence-corrected chi connectivity index (χ1v) is 7.06. The van der Waals surface area contributed by atoms with Gasteiger partial charge in [-0.25, -0.2) is 0 Å². The van der Waals surface area contributed by atoms with Gasteiger partial charge in [0.15, 0.2) is 0 Å². The van der Waals surface area contributed by atoms with Crippen LogP contribution < -0.4 is 15.0 Å². The molecule has 0 radical (unpaired) electrons. The number of methoxy groups -OCH3 is 1. The van der Waals surface area contributed by atoms with E-state index in [1.165, 1.54) is 11.4 Å². The van der Waals surface area contributed by atoms with Gasteiger partial charge >= 0.3 is 0 Å². The standard InChI is InChI=1S/C16H17ClN2O/c1-20-16-7-6-13(17)10-12(16)11-19-9-8-18-14-4-2-3-5-15(14)19/h2-7,10,18H,8-9,11H2,1H3. The second-order valence-electron chi connectivity index (χ2n) is 4.82. The number of nitrogens with one attached hydrogen (secondary N) is 1. The van der Waals surface area contributed by atoms with Gasteiger partial charge in [-0.2, -0.15) is 0 Å². The third-order valence-electron chi connectivity index (χ3n) is 3.55. The zero-order valence-corrected chi connectivity index (χ0v) is 12.2. The minimum absolute atomic E-state index is 0.740. The lowest BCUT2D eigenvalue weighted by Crippen LogP contribution is -2.33. The van der Waals surface area contributed by atoms with Gasteiger partial charge in [-0.15, -0.1) is 0 Å². The molecular formula is C16H17ClN2O. The van der Waals surface area contributed by atoms with Crippen molar-refractivity contribution >= 4 is 23.0 Å². The quantitative estimate of drug-likeness (QED) is 0.930. The summed E-state index contributed by atoms with van der Waals surface area (Å²) in [5, 5.41) is 4.16. The number of fused-ring (bicyclic) bond motifs is 1. The second-order valence-corrected chi connectivity index (χ2v) is 5.26. The number of ether oxygens (including phenoxy) is 1. The number of hydrogen-bond acceptors (Lipinski definition) is 3. The average Bonchev–Trinajstić information content (AvgIpc) is 2.48. The summed E-state index contributed by atoms with van der Waals surface area (Å²) in [6.07, 6.45) is 0. The van der Waals surface area contributed by atoms with E-state index in [9.17, 15) is 0 Å². The summed E-state index contributed by atoms with van der Waals surface area (Å²) in [5.41, 5.74) is 3.51. The molecule has 3 nitrogen and oxygen atoms in total. The molecule has 0 atom stereocenters. The molecule has 0 bridgehead atoms. The summed E-state index contributed by atoms with van der Waals surface area (Å²) < 4.78 is 5.43. The first-order chi connectivity index (χ1) is 9.78. The highest BCUT2D eigenvalue weighted by Gasteiger charge is 2.17. The largest absolute Gasteiger partial charge is 0.496 e. The maximum Gasteiger partial charge on any atom is 0.123 e. The number of anilines is 2. The molecule has 0 saturated heterocycles. The van der Waals surface area contributed by atoms with Crippen LogP contribution in [0.1, 0.15) is 5.56 Å². The Kier molecular flexibility index (Phi) is 3.70. The number of rotatable bonds is 3. The molecular weight excluding hydrogens is 272 g/mol. The van der Waals surface area contributed by atoms with Crippen LogP contribution in [0.3, 0.4) is 0 Å². The van der Waals surface area contributed by atoms with Crippen molar-refractivity contribution in [2.75, 3.05) is 30.4 Å². The maximum atomic E-state index is 6.11. The van der Waals surface area contributed by atoms with Crippen molar-refractivity contribution < 1.29 is 4.74 Å². The van der Waals surface area contributed by atoms with Crippen LogP contribution in [0.2, 0.25) is 5.02 Å². The van der Waals surface area contributed by atoms with Gasteiger partial charge < -0.3 is 15.0 Å². The molecule has 0 saturated carbocycles. The number of nitrogens with zero attached hydrogens (tertiary/aromatic N) is 1. The fourth-order valence-corrected chi connectivity index (χ4v) is 2.78. The van der Waals surface area contributed by atoms with Crippen molar-refractivity contribution in [2.24, 2.45) is 0 Å². The third kappa shape index (κ3) is 2.54. The molecule has 0 aromatic heterocycles. The van der Waals surface area contributed by atoms with Crippen molar-refractivity contribution in [3.63, 3.8) is 0 Å². The third-order valence-corrected chi connectivity index (χ3v) is 3.78. The molecule has 104 valence electrons. The lowest BCUT2D eigenvalue weighted by atomic mass is 10.1. The minimum atomic E-state index is 0.740. The van der Waals surface area contributed by atoms with E-state index in [1.54, 1.807) is 7.11 Å². The van der Waals surface area contributed by atoms with Crippen molar-refractivity contribution in [3.05, 3.63) is 53.1 Å². The Bertz CT molecular complexity index is 615. The van der Waals surface area contributed by atoms with Crippen LogP contribution in [-0.4, -0.2) is 20.2 Å². The molecule has 3 rings (SSSR count). The fraction of sp³-hybridized carbons (Fsp3) is 0.250. The van der Waals surface area contributed by atoms with Gasteiger partial charge in [-0.3, -0.25) is 0 Å². The average molecular weight is 289 g/mol. The van der Waals surface area contributed by atoms with Gasteiger partial charge in [0.1, 0.15) is 5.75 Å². The Morgan fingerprint density at radius 2 is 2.10 bits per heavy atom. The van der Waals surface area contributed by atoms with E-state index in [1.807, 2.05) is 18.2 Å². The van der Waals surface area contributed by atoms with Crippen LogP contribution in [0.5, 0.6) is 5.75 Å². The highest BCUT2D eigenvalue weighted by atomic mass is 35.5. The Hall–Kier alpha value is -1.87. The van der Waals surface area contributed by atoms with Gasteiger partial charge in [0.25, 0.3) is 0 Å². The van der Waals surface area contributed by atoms with Crippen LogP contribution in [0.15, 0.2) is 42.5 Å². The van der Waals surface area contributed by atoms with Crippen LogP contribution in [0.25, 0.3) is 0 Å². The molecule has 2 aromatic rings. The zero-order valence-electron chi connectivity index (χ0n) is 11.4. The first-order valence-electron chi connectivity index (χ1n) is 6.68. The highest BCUT2D eigenvalue weighted by molar-refractivity contribution is 6.30. The molecule has 0 aliphatic carbocycles. The van der Waals surface area contributed by atoms with E-state index >= 15 is 0 Å². The van der Waals surface area contributed by atoms with E-state index in [2.05, 4.69) is 34.5 Å². The van der Waals surface area contributed by atoms with E-state index in [0.717, 1.165) is 36.0 Å². The van der Waals surface area contributed by atoms with Crippen LogP contribution >= 0.6 is 11.6 Å². The van der Waals surface area contributed by atoms with Crippen molar-refractivity contribution in [3.8, 4) is 5.75 Å². The zero-order chi connectivity index (χ0) is 13.9. The minimum Gasteiger partial charge on any atom is -0.496 e. The van der Waals surface area contributed by atoms with E-state index in [4.69, 9.17) is 16.3 Å². The lowest BCUT2D eigenvalue weighted by Gasteiger charge is -2.32. The van der Waals surface area contributed by atoms with Gasteiger partial charge in [-0.05, 0) is 30.3 Å². The smallest absolute Gasteiger partial charge is 0.123 e. The molecule has 0 spiro atoms. The molecule has 4 heteroatoms. The van der Waals surface area contributed by atoms with Crippen molar-refractivity contribution in [1.29, 1.82) is 0 Å². The first kappa shape index (κ1) is 13.1. The van der Waals surface area contributed by atoms with Crippen molar-refractivity contribution in [1.82, 2.24) is 0 Å². The molecule has 1 N–H and O–H groups in total. The van der Waals surface area contributed by atoms with Gasteiger partial charge in [0, 0.05) is 30.2 Å². The Morgan fingerprint density at radius 1 is 1.25 bits per heavy atom.